The summed E-state index contributed by atoms with van der Waals surface area (Å²) >= 11 is 0. The first-order chi connectivity index (χ1) is 14.1. The van der Waals surface area contributed by atoms with Crippen LogP contribution in [0.2, 0.25) is 0 Å². The van der Waals surface area contributed by atoms with Gasteiger partial charge in [-0.05, 0) is 37.5 Å². The van der Waals surface area contributed by atoms with Gasteiger partial charge in [0.15, 0.2) is 0 Å². The Bertz CT molecular complexity index is 910. The van der Waals surface area contributed by atoms with Gasteiger partial charge in [0.05, 0.1) is 11.9 Å². The number of amides is 1. The number of piperazine rings is 1. The maximum Gasteiger partial charge on any atom is 0.269 e. The van der Waals surface area contributed by atoms with E-state index in [9.17, 15) is 9.59 Å². The summed E-state index contributed by atoms with van der Waals surface area (Å²) in [6.45, 7) is 5.99. The van der Waals surface area contributed by atoms with Crippen molar-refractivity contribution in [3.8, 4) is 0 Å². The molecular weight excluding hydrogens is 366 g/mol. The molecule has 1 aliphatic heterocycles. The molecule has 154 valence electrons. The van der Waals surface area contributed by atoms with Crippen LogP contribution in [0.25, 0.3) is 0 Å². The first-order valence-electron chi connectivity index (χ1n) is 10.5. The molecule has 7 nitrogen and oxygen atoms in total. The number of anilines is 1. The van der Waals surface area contributed by atoms with Gasteiger partial charge in [0, 0.05) is 56.4 Å². The van der Waals surface area contributed by atoms with E-state index in [1.807, 2.05) is 19.1 Å². The summed E-state index contributed by atoms with van der Waals surface area (Å²) in [5.41, 5.74) is 3.53. The predicted molar refractivity (Wildman–Crippen MR) is 114 cm³/mol. The van der Waals surface area contributed by atoms with E-state index in [1.54, 1.807) is 19.3 Å². The number of carbonyl (C=O) groups is 1. The van der Waals surface area contributed by atoms with E-state index in [1.165, 1.54) is 0 Å². The van der Waals surface area contributed by atoms with Gasteiger partial charge in [0.1, 0.15) is 5.69 Å². The van der Waals surface area contributed by atoms with E-state index < -0.39 is 0 Å². The third-order valence-electron chi connectivity index (χ3n) is 6.35. The molecule has 29 heavy (non-hydrogen) atoms. The van der Waals surface area contributed by atoms with Gasteiger partial charge in [0.25, 0.3) is 11.5 Å². The zero-order valence-electron chi connectivity index (χ0n) is 17.1. The zero-order valence-corrected chi connectivity index (χ0v) is 17.1. The van der Waals surface area contributed by atoms with Crippen LogP contribution < -0.4 is 15.8 Å². The molecule has 3 heterocycles. The highest BCUT2D eigenvalue weighted by atomic mass is 16.1. The molecule has 1 aliphatic carbocycles. The van der Waals surface area contributed by atoms with Crippen LogP contribution >= 0.6 is 0 Å². The highest BCUT2D eigenvalue weighted by Gasteiger charge is 2.36. The maximum atomic E-state index is 12.0. The van der Waals surface area contributed by atoms with Gasteiger partial charge in [-0.2, -0.15) is 0 Å². The van der Waals surface area contributed by atoms with Crippen molar-refractivity contribution in [3.63, 3.8) is 0 Å². The van der Waals surface area contributed by atoms with Crippen molar-refractivity contribution < 1.29 is 4.79 Å². The lowest BCUT2D eigenvalue weighted by atomic mass is 9.76. The number of pyridine rings is 2. The molecule has 7 heteroatoms. The molecule has 4 rings (SSSR count). The highest BCUT2D eigenvalue weighted by Crippen LogP contribution is 2.39. The Balaban J connectivity index is 1.28. The number of nitrogens with one attached hydrogen (secondary N) is 2. The highest BCUT2D eigenvalue weighted by molar-refractivity contribution is 5.92. The first kappa shape index (κ1) is 19.6. The summed E-state index contributed by atoms with van der Waals surface area (Å²) in [5.74, 6) is 0.310. The summed E-state index contributed by atoms with van der Waals surface area (Å²) in [7, 11) is 1.61. The Morgan fingerprint density at radius 1 is 1.17 bits per heavy atom. The average molecular weight is 396 g/mol. The van der Waals surface area contributed by atoms with E-state index in [0.717, 1.165) is 62.4 Å². The number of hydrogen-bond donors (Lipinski definition) is 2. The summed E-state index contributed by atoms with van der Waals surface area (Å²) in [6, 6.07) is 8.42. The van der Waals surface area contributed by atoms with Gasteiger partial charge in [-0.3, -0.25) is 14.5 Å². The van der Waals surface area contributed by atoms with E-state index >= 15 is 0 Å². The number of aromatic nitrogens is 2. The number of nitrogens with zero attached hydrogens (tertiary/aromatic N) is 3. The number of aryl methyl sites for hydroxylation is 1. The Hall–Kier alpha value is -2.67. The predicted octanol–water partition coefficient (Wildman–Crippen LogP) is 1.76. The largest absolute Gasteiger partial charge is 0.368 e. The smallest absolute Gasteiger partial charge is 0.269 e. The minimum Gasteiger partial charge on any atom is -0.368 e. The van der Waals surface area contributed by atoms with Crippen LogP contribution in [-0.2, 0) is 6.42 Å². The third-order valence-corrected chi connectivity index (χ3v) is 6.35. The number of hydrogen-bond acceptors (Lipinski definition) is 5. The second-order valence-corrected chi connectivity index (χ2v) is 7.95. The van der Waals surface area contributed by atoms with Crippen molar-refractivity contribution in [2.45, 2.75) is 38.1 Å². The molecule has 2 aromatic rings. The third kappa shape index (κ3) is 4.05. The van der Waals surface area contributed by atoms with Crippen molar-refractivity contribution in [2.24, 2.45) is 0 Å². The SMILES string of the molecule is CCc1ccc(C2CC(N3CCN(c4ccc(C(=O)NC)nc4)CC3)C2)[nH]c1=O. The van der Waals surface area contributed by atoms with Crippen LogP contribution in [0.5, 0.6) is 0 Å². The molecule has 1 saturated carbocycles. The fourth-order valence-corrected chi connectivity index (χ4v) is 4.36. The molecular formula is C22H29N5O2. The summed E-state index contributed by atoms with van der Waals surface area (Å²) in [5, 5.41) is 2.59. The van der Waals surface area contributed by atoms with Crippen molar-refractivity contribution in [1.82, 2.24) is 20.2 Å². The maximum absolute atomic E-state index is 12.0. The lowest BCUT2D eigenvalue weighted by Crippen LogP contribution is -2.53. The quantitative estimate of drug-likeness (QED) is 0.806. The van der Waals surface area contributed by atoms with Gasteiger partial charge in [-0.25, -0.2) is 4.98 Å². The van der Waals surface area contributed by atoms with Gasteiger partial charge in [-0.15, -0.1) is 0 Å². The van der Waals surface area contributed by atoms with Gasteiger partial charge in [-0.1, -0.05) is 13.0 Å². The van der Waals surface area contributed by atoms with E-state index in [0.29, 0.717) is 17.7 Å². The Morgan fingerprint density at radius 2 is 1.93 bits per heavy atom. The molecule has 2 aliphatic rings. The van der Waals surface area contributed by atoms with Gasteiger partial charge >= 0.3 is 0 Å². The van der Waals surface area contributed by atoms with Crippen LogP contribution in [0.3, 0.4) is 0 Å². The monoisotopic (exact) mass is 395 g/mol. The summed E-state index contributed by atoms with van der Waals surface area (Å²) in [6.07, 6.45) is 4.79. The number of rotatable bonds is 5. The van der Waals surface area contributed by atoms with Gasteiger partial charge < -0.3 is 15.2 Å². The van der Waals surface area contributed by atoms with E-state index in [4.69, 9.17) is 0 Å². The van der Waals surface area contributed by atoms with E-state index in [2.05, 4.69) is 31.2 Å². The minimum atomic E-state index is -0.161. The molecule has 0 radical (unpaired) electrons. The molecule has 2 aromatic heterocycles. The minimum absolute atomic E-state index is 0.0677. The Labute approximate surface area is 171 Å². The second kappa shape index (κ2) is 8.37. The normalized spacial score (nSPS) is 22.2. The summed E-state index contributed by atoms with van der Waals surface area (Å²) < 4.78 is 0. The summed E-state index contributed by atoms with van der Waals surface area (Å²) in [4.78, 5) is 35.9. The molecule has 1 saturated heterocycles. The van der Waals surface area contributed by atoms with Gasteiger partial charge in [0.2, 0.25) is 0 Å². The van der Waals surface area contributed by atoms with Crippen molar-refractivity contribution in [3.05, 3.63) is 57.8 Å². The molecule has 2 fully saturated rings. The van der Waals surface area contributed by atoms with Crippen molar-refractivity contribution >= 4 is 11.6 Å². The van der Waals surface area contributed by atoms with E-state index in [-0.39, 0.29) is 11.5 Å². The van der Waals surface area contributed by atoms with Crippen LogP contribution in [0.1, 0.15) is 47.4 Å². The van der Waals surface area contributed by atoms with Crippen LogP contribution in [0.4, 0.5) is 5.69 Å². The fraction of sp³-hybridized carbons (Fsp3) is 0.500. The molecule has 1 amide bonds. The van der Waals surface area contributed by atoms with Crippen LogP contribution in [0.15, 0.2) is 35.3 Å². The average Bonchev–Trinajstić information content (AvgIpc) is 2.73. The lowest BCUT2D eigenvalue weighted by molar-refractivity contribution is 0.0958. The second-order valence-electron chi connectivity index (χ2n) is 7.95. The number of H-pyrrole nitrogens is 1. The first-order valence-corrected chi connectivity index (χ1v) is 10.5. The molecule has 0 unspecified atom stereocenters. The molecule has 2 N–H and O–H groups in total. The molecule has 0 aromatic carbocycles. The van der Waals surface area contributed by atoms with Crippen molar-refractivity contribution in [2.75, 3.05) is 38.1 Å². The Kier molecular flexibility index (Phi) is 5.67. The molecule has 0 atom stereocenters. The van der Waals surface area contributed by atoms with Crippen LogP contribution in [0, 0.1) is 0 Å². The number of carbonyl (C=O) groups excluding carboxylic acids is 1. The topological polar surface area (TPSA) is 81.3 Å². The standard InChI is InChI=1S/C22H29N5O2/c1-3-15-4-6-19(25-21(15)28)16-12-18(13-16)27-10-8-26(9-11-27)17-5-7-20(24-14-17)22(29)23-2/h4-7,14,16,18H,3,8-13H2,1-2H3,(H,23,29)(H,25,28). The molecule has 0 spiro atoms. The Morgan fingerprint density at radius 3 is 2.52 bits per heavy atom. The lowest BCUT2D eigenvalue weighted by Gasteiger charge is -2.46. The zero-order chi connectivity index (χ0) is 20.4. The fourth-order valence-electron chi connectivity index (χ4n) is 4.36. The number of aromatic amines is 1. The van der Waals surface area contributed by atoms with Crippen molar-refractivity contribution in [1.29, 1.82) is 0 Å². The van der Waals surface area contributed by atoms with Crippen LogP contribution in [-0.4, -0.2) is 60.0 Å². The molecule has 0 bridgehead atoms.